The van der Waals surface area contributed by atoms with Gasteiger partial charge in [-0.25, -0.2) is 14.2 Å². The Hall–Kier alpha value is -4.03. The summed E-state index contributed by atoms with van der Waals surface area (Å²) >= 11 is 0. The van der Waals surface area contributed by atoms with Crippen molar-refractivity contribution in [2.45, 2.75) is 0 Å². The number of hydrogen-bond acceptors (Lipinski definition) is 8. The first-order chi connectivity index (χ1) is 16.9. The number of hydrogen-bond donors (Lipinski definition) is 3. The fourth-order valence-corrected chi connectivity index (χ4v) is 4.27. The number of anilines is 3. The highest BCUT2D eigenvalue weighted by atomic mass is 32.2. The van der Waals surface area contributed by atoms with Crippen LogP contribution in [0, 0.1) is 0 Å². The molecular formula is C23H24N8O3S. The summed E-state index contributed by atoms with van der Waals surface area (Å²) in [7, 11) is -2.50. The van der Waals surface area contributed by atoms with E-state index in [4.69, 9.17) is 4.74 Å². The van der Waals surface area contributed by atoms with Crippen LogP contribution in [-0.4, -0.2) is 73.7 Å². The predicted molar refractivity (Wildman–Crippen MR) is 137 cm³/mol. The Kier molecular flexibility index (Phi) is 6.05. The van der Waals surface area contributed by atoms with E-state index >= 15 is 0 Å². The quantitative estimate of drug-likeness (QED) is 0.348. The molecule has 1 aliphatic heterocycles. The lowest BCUT2D eigenvalue weighted by atomic mass is 10.0. The summed E-state index contributed by atoms with van der Waals surface area (Å²) in [5.41, 5.74) is 4.26. The summed E-state index contributed by atoms with van der Waals surface area (Å²) in [4.78, 5) is 27.7. The van der Waals surface area contributed by atoms with Gasteiger partial charge < -0.3 is 15.0 Å². The molecule has 1 aliphatic rings. The van der Waals surface area contributed by atoms with Crippen LogP contribution in [-0.2, 0) is 14.4 Å². The smallest absolute Gasteiger partial charge is 0.276 e. The molecule has 0 saturated carbocycles. The Balaban J connectivity index is 1.38. The van der Waals surface area contributed by atoms with Crippen molar-refractivity contribution >= 4 is 49.7 Å². The molecule has 3 N–H and O–H groups in total. The second kappa shape index (κ2) is 9.31. The molecule has 4 heterocycles. The third-order valence-electron chi connectivity index (χ3n) is 5.43. The molecule has 1 unspecified atom stereocenters. The van der Waals surface area contributed by atoms with E-state index in [0.29, 0.717) is 24.3 Å². The minimum atomic E-state index is -2.50. The highest BCUT2D eigenvalue weighted by Crippen LogP contribution is 2.28. The Morgan fingerprint density at radius 2 is 1.89 bits per heavy atom. The van der Waals surface area contributed by atoms with Crippen molar-refractivity contribution in [2.75, 3.05) is 47.5 Å². The normalized spacial score (nSPS) is 15.5. The van der Waals surface area contributed by atoms with Crippen LogP contribution in [0.25, 0.3) is 22.0 Å². The average molecular weight is 493 g/mol. The number of amides is 1. The molecule has 180 valence electrons. The van der Waals surface area contributed by atoms with Crippen LogP contribution in [0.1, 0.15) is 10.5 Å². The number of aromatic amines is 1. The van der Waals surface area contributed by atoms with Crippen molar-refractivity contribution in [3.05, 3.63) is 54.7 Å². The van der Waals surface area contributed by atoms with E-state index in [-0.39, 0.29) is 11.6 Å². The van der Waals surface area contributed by atoms with E-state index in [2.05, 4.69) is 52.0 Å². The van der Waals surface area contributed by atoms with E-state index in [1.54, 1.807) is 6.20 Å². The number of fused-ring (bicyclic) bond motifs is 1. The first-order valence-corrected chi connectivity index (χ1v) is 13.0. The third-order valence-corrected chi connectivity index (χ3v) is 6.04. The number of H-pyrrole nitrogens is 1. The van der Waals surface area contributed by atoms with Crippen LogP contribution < -0.4 is 14.9 Å². The molecule has 1 aromatic carbocycles. The van der Waals surface area contributed by atoms with Gasteiger partial charge in [0.15, 0.2) is 5.69 Å². The topological polar surface area (TPSA) is 138 Å². The fraction of sp³-hybridized carbons (Fsp3) is 0.217. The van der Waals surface area contributed by atoms with Gasteiger partial charge in [-0.3, -0.25) is 19.6 Å². The van der Waals surface area contributed by atoms with Crippen molar-refractivity contribution in [3.8, 4) is 11.1 Å². The summed E-state index contributed by atoms with van der Waals surface area (Å²) in [6, 6.07) is 7.87. The number of carbonyl (C=O) groups is 1. The maximum atomic E-state index is 13.0. The van der Waals surface area contributed by atoms with Crippen molar-refractivity contribution in [1.29, 1.82) is 0 Å². The first kappa shape index (κ1) is 22.7. The molecule has 5 rings (SSSR count). The summed E-state index contributed by atoms with van der Waals surface area (Å²) in [5.74, 6) is 3.25. The van der Waals surface area contributed by atoms with Gasteiger partial charge in [-0.05, 0) is 29.6 Å². The molecule has 4 aromatic rings. The molecule has 1 atom stereocenters. The number of nitrogens with one attached hydrogen (secondary N) is 3. The lowest BCUT2D eigenvalue weighted by Crippen LogP contribution is -2.36. The summed E-state index contributed by atoms with van der Waals surface area (Å²) in [5, 5.41) is 10.5. The SMILES string of the molecule is C=S(C)(=O)Nc1ncc(NC(=O)c2n[nH]c3ccc(-c4cncc(N5CCOCC5)c4)cc23)cn1. The number of aromatic nitrogens is 5. The minimum absolute atomic E-state index is 0.160. The van der Waals surface area contributed by atoms with Crippen LogP contribution >= 0.6 is 0 Å². The lowest BCUT2D eigenvalue weighted by Gasteiger charge is -2.28. The van der Waals surface area contributed by atoms with E-state index in [9.17, 15) is 9.00 Å². The number of rotatable bonds is 6. The summed E-state index contributed by atoms with van der Waals surface area (Å²) in [6.45, 7) is 3.04. The van der Waals surface area contributed by atoms with Gasteiger partial charge in [-0.2, -0.15) is 5.10 Å². The molecule has 0 aliphatic carbocycles. The van der Waals surface area contributed by atoms with Crippen LogP contribution in [0.4, 0.5) is 17.3 Å². The lowest BCUT2D eigenvalue weighted by molar-refractivity contribution is 0.102. The maximum absolute atomic E-state index is 13.0. The summed E-state index contributed by atoms with van der Waals surface area (Å²) in [6.07, 6.45) is 7.93. The standard InChI is InChI=1S/C23H24N8O3S/c1-35(2,33)30-23-25-12-17(13-26-23)27-22(32)21-19-10-15(3-4-20(19)28-29-21)16-9-18(14-24-11-16)31-5-7-34-8-6-31/h3-4,9-14H,1,5-8H2,2H3,(H,27,32)(H,28,29)(H,25,26,30,33). The molecular weight excluding hydrogens is 468 g/mol. The van der Waals surface area contributed by atoms with Crippen LogP contribution in [0.3, 0.4) is 0 Å². The number of carbonyl (C=O) groups excluding carboxylic acids is 1. The first-order valence-electron chi connectivity index (χ1n) is 10.9. The Bertz CT molecular complexity index is 1480. The molecule has 12 heteroatoms. The van der Waals surface area contributed by atoms with Gasteiger partial charge in [0, 0.05) is 46.2 Å². The number of nitrogens with zero attached hydrogens (tertiary/aromatic N) is 5. The zero-order valence-electron chi connectivity index (χ0n) is 19.0. The van der Waals surface area contributed by atoms with E-state index < -0.39 is 15.6 Å². The van der Waals surface area contributed by atoms with Crippen molar-refractivity contribution in [1.82, 2.24) is 25.1 Å². The van der Waals surface area contributed by atoms with Gasteiger partial charge in [0.05, 0.1) is 48.7 Å². The van der Waals surface area contributed by atoms with Crippen LogP contribution in [0.15, 0.2) is 49.1 Å². The zero-order chi connectivity index (χ0) is 24.4. The maximum Gasteiger partial charge on any atom is 0.276 e. The Labute approximate surface area is 202 Å². The van der Waals surface area contributed by atoms with Gasteiger partial charge in [0.25, 0.3) is 5.91 Å². The number of benzene rings is 1. The van der Waals surface area contributed by atoms with Crippen LogP contribution in [0.5, 0.6) is 0 Å². The molecule has 0 radical (unpaired) electrons. The molecule has 0 bridgehead atoms. The number of pyridine rings is 1. The monoisotopic (exact) mass is 492 g/mol. The van der Waals surface area contributed by atoms with Gasteiger partial charge in [-0.15, -0.1) is 0 Å². The third kappa shape index (κ3) is 5.23. The van der Waals surface area contributed by atoms with E-state index in [0.717, 1.165) is 35.4 Å². The second-order valence-electron chi connectivity index (χ2n) is 8.22. The molecule has 1 fully saturated rings. The van der Waals surface area contributed by atoms with E-state index in [1.165, 1.54) is 18.6 Å². The minimum Gasteiger partial charge on any atom is -0.378 e. The molecule has 35 heavy (non-hydrogen) atoms. The zero-order valence-corrected chi connectivity index (χ0v) is 19.8. The Morgan fingerprint density at radius 1 is 1.11 bits per heavy atom. The highest BCUT2D eigenvalue weighted by molar-refractivity contribution is 8.00. The van der Waals surface area contributed by atoms with Crippen molar-refractivity contribution in [3.63, 3.8) is 0 Å². The second-order valence-corrected chi connectivity index (χ2v) is 10.4. The average Bonchev–Trinajstić information content (AvgIpc) is 3.28. The molecule has 11 nitrogen and oxygen atoms in total. The van der Waals surface area contributed by atoms with Crippen molar-refractivity contribution < 1.29 is 13.7 Å². The van der Waals surface area contributed by atoms with Crippen molar-refractivity contribution in [2.24, 2.45) is 0 Å². The molecule has 3 aromatic heterocycles. The highest BCUT2D eigenvalue weighted by Gasteiger charge is 2.17. The van der Waals surface area contributed by atoms with Gasteiger partial charge in [0.1, 0.15) is 0 Å². The fourth-order valence-electron chi connectivity index (χ4n) is 3.78. The summed E-state index contributed by atoms with van der Waals surface area (Å²) < 4.78 is 19.8. The molecule has 1 saturated heterocycles. The Morgan fingerprint density at radius 3 is 2.63 bits per heavy atom. The molecule has 0 spiro atoms. The van der Waals surface area contributed by atoms with Gasteiger partial charge >= 0.3 is 0 Å². The molecule has 1 amide bonds. The van der Waals surface area contributed by atoms with Crippen LogP contribution in [0.2, 0.25) is 0 Å². The van der Waals surface area contributed by atoms with Gasteiger partial charge in [-0.1, -0.05) is 6.07 Å². The number of morpholine rings is 1. The van der Waals surface area contributed by atoms with E-state index in [1.807, 2.05) is 24.4 Å². The largest absolute Gasteiger partial charge is 0.378 e. The number of ether oxygens (including phenoxy) is 1. The predicted octanol–water partition coefficient (Wildman–Crippen LogP) is 2.18. The van der Waals surface area contributed by atoms with Gasteiger partial charge in [0.2, 0.25) is 5.95 Å².